The molecule has 0 aliphatic heterocycles. The Morgan fingerprint density at radius 3 is 2.54 bits per heavy atom. The van der Waals surface area contributed by atoms with Gasteiger partial charge in [-0.1, -0.05) is 38.1 Å². The van der Waals surface area contributed by atoms with Gasteiger partial charge in [-0.05, 0) is 35.7 Å². The van der Waals surface area contributed by atoms with Crippen LogP contribution in [0, 0.1) is 0 Å². The Balaban J connectivity index is 1.80. The highest BCUT2D eigenvalue weighted by Gasteiger charge is 2.09. The van der Waals surface area contributed by atoms with E-state index in [0.29, 0.717) is 17.0 Å². The summed E-state index contributed by atoms with van der Waals surface area (Å²) in [6.07, 6.45) is 1.24. The normalized spacial score (nSPS) is 11.0. The monoisotopic (exact) mass is 321 g/mol. The van der Waals surface area contributed by atoms with E-state index in [2.05, 4.69) is 24.1 Å². The van der Waals surface area contributed by atoms with Crippen molar-refractivity contribution in [2.75, 3.05) is 5.32 Å². The van der Waals surface area contributed by atoms with Gasteiger partial charge in [-0.3, -0.25) is 14.2 Å². The minimum absolute atomic E-state index is 0.0478. The number of para-hydroxylation sites is 2. The zero-order valence-corrected chi connectivity index (χ0v) is 13.7. The third-order valence-corrected chi connectivity index (χ3v) is 3.92. The topological polar surface area (TPSA) is 64.0 Å². The van der Waals surface area contributed by atoms with Crippen LogP contribution in [0.3, 0.4) is 0 Å². The highest BCUT2D eigenvalue weighted by Crippen LogP contribution is 2.17. The fourth-order valence-electron chi connectivity index (χ4n) is 2.57. The molecule has 1 aromatic heterocycles. The zero-order chi connectivity index (χ0) is 17.1. The van der Waals surface area contributed by atoms with Gasteiger partial charge in [-0.15, -0.1) is 0 Å². The summed E-state index contributed by atoms with van der Waals surface area (Å²) in [6.45, 7) is 4.19. The standard InChI is InChI=1S/C19H19N3O2/c1-13(2)14-7-9-15(10-8-14)21-18(23)12-22-17-6-4-3-5-16(17)20-11-19(22)24/h3-11,13H,12H2,1-2H3,(H,21,23). The van der Waals surface area contributed by atoms with E-state index in [1.54, 1.807) is 6.07 Å². The van der Waals surface area contributed by atoms with Crippen molar-refractivity contribution in [3.05, 3.63) is 70.6 Å². The fourth-order valence-corrected chi connectivity index (χ4v) is 2.57. The van der Waals surface area contributed by atoms with Crippen LogP contribution in [-0.2, 0) is 11.3 Å². The summed E-state index contributed by atoms with van der Waals surface area (Å²) < 4.78 is 1.43. The van der Waals surface area contributed by atoms with Crippen LogP contribution < -0.4 is 10.9 Å². The SMILES string of the molecule is CC(C)c1ccc(NC(=O)Cn2c(=O)cnc3ccccc32)cc1. The Morgan fingerprint density at radius 1 is 1.12 bits per heavy atom. The Labute approximate surface area is 140 Å². The first-order valence-corrected chi connectivity index (χ1v) is 7.89. The molecule has 1 heterocycles. The molecule has 0 atom stereocenters. The molecule has 0 aliphatic rings. The van der Waals surface area contributed by atoms with Gasteiger partial charge in [0.1, 0.15) is 6.54 Å². The average molecular weight is 321 g/mol. The predicted octanol–water partition coefficient (Wildman–Crippen LogP) is 3.16. The van der Waals surface area contributed by atoms with Gasteiger partial charge in [0.2, 0.25) is 5.91 Å². The number of rotatable bonds is 4. The molecule has 1 amide bonds. The summed E-state index contributed by atoms with van der Waals surface area (Å²) in [7, 11) is 0. The van der Waals surface area contributed by atoms with Crippen molar-refractivity contribution in [1.82, 2.24) is 9.55 Å². The van der Waals surface area contributed by atoms with Crippen molar-refractivity contribution in [1.29, 1.82) is 0 Å². The molecular formula is C19H19N3O2. The fraction of sp³-hybridized carbons (Fsp3) is 0.211. The van der Waals surface area contributed by atoms with Crippen molar-refractivity contribution >= 4 is 22.6 Å². The van der Waals surface area contributed by atoms with Crippen LogP contribution in [0.4, 0.5) is 5.69 Å². The van der Waals surface area contributed by atoms with Gasteiger partial charge in [0, 0.05) is 5.69 Å². The number of carbonyl (C=O) groups excluding carboxylic acids is 1. The predicted molar refractivity (Wildman–Crippen MR) is 95.2 cm³/mol. The van der Waals surface area contributed by atoms with Crippen molar-refractivity contribution in [2.24, 2.45) is 0 Å². The van der Waals surface area contributed by atoms with Crippen LogP contribution in [0.1, 0.15) is 25.3 Å². The van der Waals surface area contributed by atoms with Gasteiger partial charge in [0.25, 0.3) is 5.56 Å². The van der Waals surface area contributed by atoms with Gasteiger partial charge in [0.05, 0.1) is 17.2 Å². The van der Waals surface area contributed by atoms with Gasteiger partial charge in [0.15, 0.2) is 0 Å². The molecule has 0 bridgehead atoms. The van der Waals surface area contributed by atoms with E-state index < -0.39 is 0 Å². The maximum Gasteiger partial charge on any atom is 0.269 e. The van der Waals surface area contributed by atoms with Crippen LogP contribution in [0.5, 0.6) is 0 Å². The van der Waals surface area contributed by atoms with Crippen molar-refractivity contribution in [2.45, 2.75) is 26.3 Å². The van der Waals surface area contributed by atoms with E-state index in [1.807, 2.05) is 42.5 Å². The summed E-state index contributed by atoms with van der Waals surface area (Å²) in [4.78, 5) is 28.5. The first-order chi connectivity index (χ1) is 11.5. The maximum absolute atomic E-state index is 12.3. The molecule has 0 aliphatic carbocycles. The quantitative estimate of drug-likeness (QED) is 0.803. The Bertz CT molecular complexity index is 927. The molecule has 0 spiro atoms. The minimum Gasteiger partial charge on any atom is -0.325 e. The summed E-state index contributed by atoms with van der Waals surface area (Å²) in [5.41, 5.74) is 2.97. The van der Waals surface area contributed by atoms with Gasteiger partial charge >= 0.3 is 0 Å². The summed E-state index contributed by atoms with van der Waals surface area (Å²) in [5.74, 6) is 0.197. The lowest BCUT2D eigenvalue weighted by Gasteiger charge is -2.11. The molecule has 3 rings (SSSR count). The first kappa shape index (κ1) is 15.9. The van der Waals surface area contributed by atoms with Crippen LogP contribution in [0.15, 0.2) is 59.5 Å². The third-order valence-electron chi connectivity index (χ3n) is 3.92. The second kappa shape index (κ2) is 6.66. The van der Waals surface area contributed by atoms with Crippen LogP contribution in [0.2, 0.25) is 0 Å². The van der Waals surface area contributed by atoms with Gasteiger partial charge in [-0.2, -0.15) is 0 Å². The Kier molecular flexibility index (Phi) is 4.42. The first-order valence-electron chi connectivity index (χ1n) is 7.89. The Morgan fingerprint density at radius 2 is 1.83 bits per heavy atom. The summed E-state index contributed by atoms with van der Waals surface area (Å²) in [5, 5.41) is 2.83. The molecule has 122 valence electrons. The number of amides is 1. The molecule has 0 radical (unpaired) electrons. The average Bonchev–Trinajstić information content (AvgIpc) is 2.58. The van der Waals surface area contributed by atoms with E-state index in [4.69, 9.17) is 0 Å². The highest BCUT2D eigenvalue weighted by molar-refractivity contribution is 5.91. The van der Waals surface area contributed by atoms with E-state index in [0.717, 1.165) is 5.69 Å². The largest absolute Gasteiger partial charge is 0.325 e. The van der Waals surface area contributed by atoms with E-state index in [9.17, 15) is 9.59 Å². The molecule has 0 saturated heterocycles. The van der Waals surface area contributed by atoms with E-state index in [-0.39, 0.29) is 18.0 Å². The summed E-state index contributed by atoms with van der Waals surface area (Å²) in [6, 6.07) is 15.0. The number of carbonyl (C=O) groups is 1. The number of aromatic nitrogens is 2. The lowest BCUT2D eigenvalue weighted by Crippen LogP contribution is -2.27. The number of fused-ring (bicyclic) bond motifs is 1. The number of hydrogen-bond donors (Lipinski definition) is 1. The Hall–Kier alpha value is -2.95. The van der Waals surface area contributed by atoms with Crippen LogP contribution in [-0.4, -0.2) is 15.5 Å². The summed E-state index contributed by atoms with van der Waals surface area (Å²) >= 11 is 0. The molecule has 1 N–H and O–H groups in total. The molecular weight excluding hydrogens is 302 g/mol. The number of hydrogen-bond acceptors (Lipinski definition) is 3. The lowest BCUT2D eigenvalue weighted by molar-refractivity contribution is -0.116. The van der Waals surface area contributed by atoms with Crippen molar-refractivity contribution in [3.63, 3.8) is 0 Å². The minimum atomic E-state index is -0.293. The number of nitrogens with one attached hydrogen (secondary N) is 1. The molecule has 5 nitrogen and oxygen atoms in total. The smallest absolute Gasteiger partial charge is 0.269 e. The molecule has 5 heteroatoms. The van der Waals surface area contributed by atoms with Crippen LogP contribution >= 0.6 is 0 Å². The molecule has 0 saturated carbocycles. The zero-order valence-electron chi connectivity index (χ0n) is 13.7. The second-order valence-electron chi connectivity index (χ2n) is 6.00. The van der Waals surface area contributed by atoms with E-state index >= 15 is 0 Å². The van der Waals surface area contributed by atoms with Gasteiger partial charge < -0.3 is 5.32 Å². The van der Waals surface area contributed by atoms with Crippen molar-refractivity contribution in [3.8, 4) is 0 Å². The van der Waals surface area contributed by atoms with Gasteiger partial charge in [-0.25, -0.2) is 4.98 Å². The second-order valence-corrected chi connectivity index (χ2v) is 6.00. The van der Waals surface area contributed by atoms with E-state index in [1.165, 1.54) is 16.3 Å². The van der Waals surface area contributed by atoms with Crippen LogP contribution in [0.25, 0.3) is 11.0 Å². The lowest BCUT2D eigenvalue weighted by atomic mass is 10.0. The highest BCUT2D eigenvalue weighted by atomic mass is 16.2. The molecule has 0 unspecified atom stereocenters. The third kappa shape index (κ3) is 3.35. The van der Waals surface area contributed by atoms with Crippen molar-refractivity contribution < 1.29 is 4.79 Å². The molecule has 0 fully saturated rings. The molecule has 3 aromatic rings. The number of nitrogens with zero attached hydrogens (tertiary/aromatic N) is 2. The maximum atomic E-state index is 12.3. The molecule has 2 aromatic carbocycles. The number of benzene rings is 2. The molecule has 24 heavy (non-hydrogen) atoms. The number of anilines is 1.